The molecule has 0 saturated heterocycles. The Kier molecular flexibility index (Phi) is 6.13. The third-order valence-corrected chi connectivity index (χ3v) is 3.80. The number of nitrogens with one attached hydrogen (secondary N) is 1. The number of rotatable bonds is 7. The largest absolute Gasteiger partial charge is 0.466 e. The van der Waals surface area contributed by atoms with Gasteiger partial charge in [-0.25, -0.2) is 9.18 Å². The van der Waals surface area contributed by atoms with Crippen LogP contribution in [0.25, 0.3) is 11.1 Å². The molecule has 0 aliphatic rings. The van der Waals surface area contributed by atoms with Gasteiger partial charge in [0, 0.05) is 19.0 Å². The van der Waals surface area contributed by atoms with Gasteiger partial charge in [-0.15, -0.1) is 0 Å². The predicted molar refractivity (Wildman–Crippen MR) is 87.0 cm³/mol. The van der Waals surface area contributed by atoms with Gasteiger partial charge in [-0.05, 0) is 35.3 Å². The molecule has 0 spiro atoms. The minimum Gasteiger partial charge on any atom is -0.466 e. The minimum absolute atomic E-state index is 0.0656. The van der Waals surface area contributed by atoms with E-state index >= 15 is 0 Å². The van der Waals surface area contributed by atoms with Crippen molar-refractivity contribution >= 4 is 38.9 Å². The van der Waals surface area contributed by atoms with E-state index in [1.807, 2.05) is 0 Å². The summed E-state index contributed by atoms with van der Waals surface area (Å²) in [5.41, 5.74) is 0.380. The lowest BCUT2D eigenvalue weighted by Gasteiger charge is -2.06. The van der Waals surface area contributed by atoms with Gasteiger partial charge in [0.1, 0.15) is 12.4 Å². The van der Waals surface area contributed by atoms with Crippen molar-refractivity contribution in [2.45, 2.75) is 26.3 Å². The van der Waals surface area contributed by atoms with Crippen LogP contribution in [0.3, 0.4) is 0 Å². The number of ether oxygens (including phenoxy) is 1. The smallest absolute Gasteiger partial charge is 0.420 e. The topological polar surface area (TPSA) is 90.5 Å². The van der Waals surface area contributed by atoms with Crippen molar-refractivity contribution in [3.63, 3.8) is 0 Å². The van der Waals surface area contributed by atoms with Gasteiger partial charge in [-0.2, -0.15) is 0 Å². The Balaban J connectivity index is 1.96. The van der Waals surface area contributed by atoms with Crippen molar-refractivity contribution in [2.24, 2.45) is 0 Å². The summed E-state index contributed by atoms with van der Waals surface area (Å²) < 4.78 is 24.4. The first-order chi connectivity index (χ1) is 11.4. The molecule has 7 nitrogen and oxygen atoms in total. The Morgan fingerprint density at radius 1 is 1.42 bits per heavy atom. The monoisotopic (exact) mass is 402 g/mol. The summed E-state index contributed by atoms with van der Waals surface area (Å²) in [4.78, 5) is 34.9. The normalized spacial score (nSPS) is 10.8. The van der Waals surface area contributed by atoms with E-state index in [1.54, 1.807) is 6.92 Å². The standard InChI is InChI=1S/C15H16BrFN2O5/c1-2-23-14(21)4-3-5-18-13(20)8-19-11-6-9(16)10(17)7-12(11)24-15(19)22/h6-7H,2-5,8H2,1H3,(H,18,20). The van der Waals surface area contributed by atoms with Crippen LogP contribution in [0.4, 0.5) is 4.39 Å². The van der Waals surface area contributed by atoms with Crippen molar-refractivity contribution in [1.82, 2.24) is 9.88 Å². The Labute approximate surface area is 144 Å². The number of oxazole rings is 1. The number of amides is 1. The Bertz CT molecular complexity index is 814. The first-order valence-corrected chi connectivity index (χ1v) is 8.12. The van der Waals surface area contributed by atoms with E-state index in [2.05, 4.69) is 21.2 Å². The number of nitrogens with zero attached hydrogens (tertiary/aromatic N) is 1. The lowest BCUT2D eigenvalue weighted by atomic mass is 10.3. The number of benzene rings is 1. The number of carbonyl (C=O) groups excluding carboxylic acids is 2. The molecular weight excluding hydrogens is 387 g/mol. The molecule has 9 heteroatoms. The maximum atomic E-state index is 13.4. The fraction of sp³-hybridized carbons (Fsp3) is 0.400. The number of carbonyl (C=O) groups is 2. The number of fused-ring (bicyclic) bond motifs is 1. The van der Waals surface area contributed by atoms with Gasteiger partial charge in [0.2, 0.25) is 5.91 Å². The van der Waals surface area contributed by atoms with Crippen LogP contribution in [0.15, 0.2) is 25.8 Å². The molecule has 0 aliphatic carbocycles. The molecule has 24 heavy (non-hydrogen) atoms. The fourth-order valence-electron chi connectivity index (χ4n) is 2.10. The fourth-order valence-corrected chi connectivity index (χ4v) is 2.43. The zero-order valence-corrected chi connectivity index (χ0v) is 14.5. The van der Waals surface area contributed by atoms with Crippen LogP contribution in [-0.2, 0) is 20.9 Å². The van der Waals surface area contributed by atoms with E-state index < -0.39 is 17.5 Å². The second-order valence-corrected chi connectivity index (χ2v) is 5.80. The van der Waals surface area contributed by atoms with Crippen LogP contribution in [0, 0.1) is 5.82 Å². The lowest BCUT2D eigenvalue weighted by molar-refractivity contribution is -0.143. The molecule has 0 aliphatic heterocycles. The Hall–Kier alpha value is -2.16. The molecule has 1 N–H and O–H groups in total. The van der Waals surface area contributed by atoms with Gasteiger partial charge in [0.15, 0.2) is 5.58 Å². The number of aromatic nitrogens is 1. The quantitative estimate of drug-likeness (QED) is 0.564. The van der Waals surface area contributed by atoms with Crippen LogP contribution in [0.2, 0.25) is 0 Å². The lowest BCUT2D eigenvalue weighted by Crippen LogP contribution is -2.31. The van der Waals surface area contributed by atoms with Crippen molar-refractivity contribution in [2.75, 3.05) is 13.2 Å². The minimum atomic E-state index is -0.746. The molecule has 2 rings (SSSR count). The summed E-state index contributed by atoms with van der Waals surface area (Å²) in [5.74, 6) is -2.05. The molecule has 0 saturated carbocycles. The Morgan fingerprint density at radius 3 is 2.88 bits per heavy atom. The molecule has 1 aromatic heterocycles. The van der Waals surface area contributed by atoms with Gasteiger partial charge in [0.25, 0.3) is 0 Å². The van der Waals surface area contributed by atoms with Crippen molar-refractivity contribution < 1.29 is 23.1 Å². The Morgan fingerprint density at radius 2 is 2.17 bits per heavy atom. The summed E-state index contributed by atoms with van der Waals surface area (Å²) in [6.45, 7) is 2.05. The number of esters is 1. The zero-order chi connectivity index (χ0) is 17.7. The highest BCUT2D eigenvalue weighted by Crippen LogP contribution is 2.22. The van der Waals surface area contributed by atoms with Crippen molar-refractivity contribution in [3.05, 3.63) is 33.0 Å². The molecule has 0 unspecified atom stereocenters. The maximum Gasteiger partial charge on any atom is 0.420 e. The summed E-state index contributed by atoms with van der Waals surface area (Å²) in [6, 6.07) is 2.46. The summed E-state index contributed by atoms with van der Waals surface area (Å²) in [6.07, 6.45) is 0.636. The van der Waals surface area contributed by atoms with Gasteiger partial charge in [0.05, 0.1) is 16.6 Å². The third-order valence-electron chi connectivity index (χ3n) is 3.20. The van der Waals surface area contributed by atoms with E-state index in [4.69, 9.17) is 9.15 Å². The van der Waals surface area contributed by atoms with Crippen molar-refractivity contribution in [1.29, 1.82) is 0 Å². The first kappa shape index (κ1) is 18.2. The van der Waals surface area contributed by atoms with Gasteiger partial charge in [-0.1, -0.05) is 0 Å². The van der Waals surface area contributed by atoms with E-state index in [1.165, 1.54) is 6.07 Å². The maximum absolute atomic E-state index is 13.4. The average molecular weight is 403 g/mol. The summed E-state index contributed by atoms with van der Waals surface area (Å²) >= 11 is 3.03. The molecule has 0 bridgehead atoms. The second kappa shape index (κ2) is 8.09. The molecule has 0 fully saturated rings. The van der Waals surface area contributed by atoms with Gasteiger partial charge >= 0.3 is 11.7 Å². The number of halogens is 2. The molecule has 0 atom stereocenters. The molecule has 1 aromatic carbocycles. The van der Waals surface area contributed by atoms with E-state index in [9.17, 15) is 18.8 Å². The highest BCUT2D eigenvalue weighted by molar-refractivity contribution is 9.10. The predicted octanol–water partition coefficient (Wildman–Crippen LogP) is 1.96. The molecule has 130 valence electrons. The van der Waals surface area contributed by atoms with Crippen molar-refractivity contribution in [3.8, 4) is 0 Å². The van der Waals surface area contributed by atoms with Crippen LogP contribution in [-0.4, -0.2) is 29.6 Å². The number of hydrogen-bond donors (Lipinski definition) is 1. The van der Waals surface area contributed by atoms with Crippen LogP contribution in [0.5, 0.6) is 0 Å². The zero-order valence-electron chi connectivity index (χ0n) is 12.9. The van der Waals surface area contributed by atoms with Crippen LogP contribution >= 0.6 is 15.9 Å². The SMILES string of the molecule is CCOC(=O)CCCNC(=O)Cn1c(=O)oc2cc(F)c(Br)cc21. The third kappa shape index (κ3) is 4.44. The summed E-state index contributed by atoms with van der Waals surface area (Å²) in [7, 11) is 0. The van der Waals surface area contributed by atoms with Crippen LogP contribution in [0.1, 0.15) is 19.8 Å². The number of hydrogen-bond acceptors (Lipinski definition) is 5. The molecule has 0 radical (unpaired) electrons. The van der Waals surface area contributed by atoms with E-state index in [0.29, 0.717) is 18.5 Å². The van der Waals surface area contributed by atoms with Gasteiger partial charge < -0.3 is 14.5 Å². The summed E-state index contributed by atoms with van der Waals surface area (Å²) in [5, 5.41) is 2.60. The molecular formula is C15H16BrFN2O5. The molecule has 1 heterocycles. The molecule has 1 amide bonds. The highest BCUT2D eigenvalue weighted by Gasteiger charge is 2.15. The van der Waals surface area contributed by atoms with Crippen LogP contribution < -0.4 is 11.1 Å². The second-order valence-electron chi connectivity index (χ2n) is 4.95. The van der Waals surface area contributed by atoms with Gasteiger partial charge in [-0.3, -0.25) is 14.2 Å². The highest BCUT2D eigenvalue weighted by atomic mass is 79.9. The first-order valence-electron chi connectivity index (χ1n) is 7.33. The van der Waals surface area contributed by atoms with E-state index in [-0.39, 0.29) is 35.5 Å². The average Bonchev–Trinajstić information content (AvgIpc) is 2.80. The van der Waals surface area contributed by atoms with E-state index in [0.717, 1.165) is 10.6 Å². The molecule has 2 aromatic rings.